The maximum atomic E-state index is 8.83. The maximum Gasteiger partial charge on any atom is 0.142 e. The number of nitrogens with one attached hydrogen (secondary N) is 1. The van der Waals surface area contributed by atoms with Crippen LogP contribution in [0.2, 0.25) is 0 Å². The van der Waals surface area contributed by atoms with Crippen LogP contribution < -0.4 is 5.48 Å². The Morgan fingerprint density at radius 1 is 0.938 bits per heavy atom. The van der Waals surface area contributed by atoms with Crippen LogP contribution >= 0.6 is 0 Å². The number of hydrogen-bond acceptors (Lipinski definition) is 6. The summed E-state index contributed by atoms with van der Waals surface area (Å²) in [6.07, 6.45) is 10.1. The first-order chi connectivity index (χ1) is 15.8. The monoisotopic (exact) mass is 428 g/mol. The average molecular weight is 429 g/mol. The molecule has 1 fully saturated rings. The van der Waals surface area contributed by atoms with Crippen LogP contribution in [0.5, 0.6) is 0 Å². The molecule has 1 saturated heterocycles. The van der Waals surface area contributed by atoms with E-state index in [1.165, 1.54) is 16.5 Å². The second-order valence-corrected chi connectivity index (χ2v) is 8.49. The first kappa shape index (κ1) is 20.8. The zero-order valence-corrected chi connectivity index (χ0v) is 18.1. The second-order valence-electron chi connectivity index (χ2n) is 8.49. The van der Waals surface area contributed by atoms with E-state index in [0.29, 0.717) is 12.5 Å². The lowest BCUT2D eigenvalue weighted by Gasteiger charge is -2.31. The molecule has 0 aliphatic carbocycles. The summed E-state index contributed by atoms with van der Waals surface area (Å²) in [5, 5.41) is 10.0. The van der Waals surface area contributed by atoms with Crippen LogP contribution in [0.25, 0.3) is 11.0 Å². The summed E-state index contributed by atoms with van der Waals surface area (Å²) in [6.45, 7) is 4.18. The molecule has 4 aromatic rings. The SMILES string of the molecule is ONCc1ccc(Cn2ccc3cc(C4CCN(Cc5ncccn5)CC4)cnc32)cc1. The first-order valence-corrected chi connectivity index (χ1v) is 11.2. The van der Waals surface area contributed by atoms with Gasteiger partial charge in [0, 0.05) is 43.3 Å². The van der Waals surface area contributed by atoms with E-state index in [2.05, 4.69) is 61.6 Å². The number of benzene rings is 1. The van der Waals surface area contributed by atoms with Gasteiger partial charge in [0.15, 0.2) is 0 Å². The molecular weight excluding hydrogens is 400 g/mol. The molecule has 0 radical (unpaired) electrons. The molecule has 3 aromatic heterocycles. The Morgan fingerprint density at radius 2 is 1.69 bits per heavy atom. The van der Waals surface area contributed by atoms with Gasteiger partial charge in [-0.25, -0.2) is 20.4 Å². The topological polar surface area (TPSA) is 79.1 Å². The van der Waals surface area contributed by atoms with Gasteiger partial charge < -0.3 is 9.77 Å². The molecular formula is C25H28N6O. The summed E-state index contributed by atoms with van der Waals surface area (Å²) in [6, 6.07) is 14.6. The number of hydrogen-bond donors (Lipinski definition) is 2. The molecule has 0 spiro atoms. The third-order valence-corrected chi connectivity index (χ3v) is 6.32. The minimum Gasteiger partial charge on any atom is -0.328 e. The van der Waals surface area contributed by atoms with E-state index in [1.54, 1.807) is 0 Å². The van der Waals surface area contributed by atoms with Crippen molar-refractivity contribution in [3.05, 3.63) is 89.8 Å². The molecule has 0 saturated carbocycles. The summed E-state index contributed by atoms with van der Waals surface area (Å²) in [5.74, 6) is 1.45. The average Bonchev–Trinajstić information content (AvgIpc) is 3.24. The molecule has 4 heterocycles. The van der Waals surface area contributed by atoms with Gasteiger partial charge in [0.05, 0.1) is 6.54 Å². The van der Waals surface area contributed by atoms with Crippen LogP contribution in [0.4, 0.5) is 0 Å². The Hall–Kier alpha value is -3.13. The highest BCUT2D eigenvalue weighted by atomic mass is 16.5. The highest BCUT2D eigenvalue weighted by molar-refractivity contribution is 5.77. The van der Waals surface area contributed by atoms with E-state index >= 15 is 0 Å². The molecule has 32 heavy (non-hydrogen) atoms. The van der Waals surface area contributed by atoms with Crippen molar-refractivity contribution < 1.29 is 5.21 Å². The summed E-state index contributed by atoms with van der Waals surface area (Å²) >= 11 is 0. The zero-order chi connectivity index (χ0) is 21.8. The molecule has 7 heteroatoms. The van der Waals surface area contributed by atoms with Crippen molar-refractivity contribution in [3.63, 3.8) is 0 Å². The highest BCUT2D eigenvalue weighted by Crippen LogP contribution is 2.30. The van der Waals surface area contributed by atoms with Crippen molar-refractivity contribution in [3.8, 4) is 0 Å². The first-order valence-electron chi connectivity index (χ1n) is 11.2. The van der Waals surface area contributed by atoms with Crippen LogP contribution in [0, 0.1) is 0 Å². The number of aromatic nitrogens is 4. The van der Waals surface area contributed by atoms with Crippen molar-refractivity contribution >= 4 is 11.0 Å². The van der Waals surface area contributed by atoms with Crippen molar-refractivity contribution in [1.29, 1.82) is 0 Å². The summed E-state index contributed by atoms with van der Waals surface area (Å²) in [4.78, 5) is 16.0. The van der Waals surface area contributed by atoms with E-state index in [4.69, 9.17) is 10.2 Å². The number of likely N-dealkylation sites (tertiary alicyclic amines) is 1. The van der Waals surface area contributed by atoms with Crippen molar-refractivity contribution in [2.75, 3.05) is 13.1 Å². The lowest BCUT2D eigenvalue weighted by atomic mass is 9.90. The van der Waals surface area contributed by atoms with E-state index in [1.807, 2.05) is 30.6 Å². The predicted molar refractivity (Wildman–Crippen MR) is 123 cm³/mol. The molecule has 5 rings (SSSR count). The lowest BCUT2D eigenvalue weighted by molar-refractivity contribution is 0.161. The van der Waals surface area contributed by atoms with Gasteiger partial charge in [0.1, 0.15) is 11.5 Å². The summed E-state index contributed by atoms with van der Waals surface area (Å²) in [7, 11) is 0. The predicted octanol–water partition coefficient (Wildman–Crippen LogP) is 3.73. The fourth-order valence-corrected chi connectivity index (χ4v) is 4.53. The van der Waals surface area contributed by atoms with Gasteiger partial charge >= 0.3 is 0 Å². The number of pyridine rings is 1. The Labute approximate surface area is 187 Å². The smallest absolute Gasteiger partial charge is 0.142 e. The van der Waals surface area contributed by atoms with Crippen LogP contribution in [0.15, 0.2) is 67.3 Å². The fraction of sp³-hybridized carbons (Fsp3) is 0.320. The Morgan fingerprint density at radius 3 is 2.44 bits per heavy atom. The number of fused-ring (bicyclic) bond motifs is 1. The highest BCUT2D eigenvalue weighted by Gasteiger charge is 2.22. The molecule has 2 N–H and O–H groups in total. The third kappa shape index (κ3) is 4.70. The normalized spacial score (nSPS) is 15.4. The van der Waals surface area contributed by atoms with E-state index < -0.39 is 0 Å². The zero-order valence-electron chi connectivity index (χ0n) is 18.1. The minimum absolute atomic E-state index is 0.454. The number of nitrogens with zero attached hydrogens (tertiary/aromatic N) is 5. The number of hydroxylamine groups is 1. The van der Waals surface area contributed by atoms with E-state index in [0.717, 1.165) is 56.1 Å². The van der Waals surface area contributed by atoms with Gasteiger partial charge in [-0.3, -0.25) is 4.90 Å². The molecule has 0 amide bonds. The molecule has 0 bridgehead atoms. The molecule has 1 aliphatic rings. The lowest BCUT2D eigenvalue weighted by Crippen LogP contribution is -2.33. The number of piperidine rings is 1. The van der Waals surface area contributed by atoms with Gasteiger partial charge in [-0.1, -0.05) is 24.3 Å². The van der Waals surface area contributed by atoms with Gasteiger partial charge in [-0.2, -0.15) is 0 Å². The molecule has 0 unspecified atom stereocenters. The van der Waals surface area contributed by atoms with E-state index in [-0.39, 0.29) is 0 Å². The van der Waals surface area contributed by atoms with Crippen LogP contribution in [0.3, 0.4) is 0 Å². The minimum atomic E-state index is 0.454. The van der Waals surface area contributed by atoms with Gasteiger partial charge in [0.25, 0.3) is 0 Å². The van der Waals surface area contributed by atoms with Crippen molar-refractivity contribution in [2.24, 2.45) is 0 Å². The van der Waals surface area contributed by atoms with Crippen LogP contribution in [-0.2, 0) is 19.6 Å². The largest absolute Gasteiger partial charge is 0.328 e. The van der Waals surface area contributed by atoms with Crippen molar-refractivity contribution in [2.45, 2.75) is 38.4 Å². The standard InChI is InChI=1S/C25H28N6O/c32-29-15-19-2-4-20(5-3-19)17-31-13-8-22-14-23(16-28-25(22)31)21-6-11-30(12-7-21)18-24-26-9-1-10-27-24/h1-5,8-10,13-14,16,21,29,32H,6-7,11-12,15,17-18H2. The Kier molecular flexibility index (Phi) is 6.20. The summed E-state index contributed by atoms with van der Waals surface area (Å²) in [5.41, 5.74) is 6.82. The van der Waals surface area contributed by atoms with Gasteiger partial charge in [-0.15, -0.1) is 0 Å². The second kappa shape index (κ2) is 9.56. The van der Waals surface area contributed by atoms with Crippen molar-refractivity contribution in [1.82, 2.24) is 29.9 Å². The molecule has 7 nitrogen and oxygen atoms in total. The molecule has 164 valence electrons. The number of rotatable bonds is 7. The van der Waals surface area contributed by atoms with Crippen LogP contribution in [-0.4, -0.2) is 42.7 Å². The van der Waals surface area contributed by atoms with Crippen LogP contribution in [0.1, 0.15) is 41.3 Å². The van der Waals surface area contributed by atoms with Gasteiger partial charge in [0.2, 0.25) is 0 Å². The Bertz CT molecular complexity index is 1150. The van der Waals surface area contributed by atoms with Gasteiger partial charge in [-0.05, 0) is 66.7 Å². The third-order valence-electron chi connectivity index (χ3n) is 6.32. The molecule has 0 atom stereocenters. The molecule has 1 aliphatic heterocycles. The molecule has 1 aromatic carbocycles. The fourth-order valence-electron chi connectivity index (χ4n) is 4.53. The maximum absolute atomic E-state index is 8.83. The van der Waals surface area contributed by atoms with E-state index in [9.17, 15) is 0 Å². The summed E-state index contributed by atoms with van der Waals surface area (Å²) < 4.78 is 2.20. The Balaban J connectivity index is 1.23. The quantitative estimate of drug-likeness (QED) is 0.437.